The van der Waals surface area contributed by atoms with Crippen LogP contribution < -0.4 is 10.1 Å². The highest BCUT2D eigenvalue weighted by molar-refractivity contribution is 6.00. The highest BCUT2D eigenvalue weighted by Gasteiger charge is 2.20. The zero-order valence-electron chi connectivity index (χ0n) is 14.5. The molecule has 136 valence electrons. The Balaban J connectivity index is 2.05. The first kappa shape index (κ1) is 17.7. The van der Waals surface area contributed by atoms with Crippen molar-refractivity contribution < 1.29 is 18.7 Å². The number of hydrogen-bond donors (Lipinski definition) is 1. The van der Waals surface area contributed by atoms with Crippen LogP contribution in [0.3, 0.4) is 0 Å². The number of carbonyl (C=O) groups excluding carboxylic acids is 1. The maximum Gasteiger partial charge on any atom is 0.256 e. The zero-order chi connectivity index (χ0) is 18.7. The third-order valence-corrected chi connectivity index (χ3v) is 3.90. The van der Waals surface area contributed by atoms with Crippen molar-refractivity contribution in [3.8, 4) is 5.75 Å². The molecule has 1 aromatic carbocycles. The number of fused-ring (bicyclic) bond motifs is 2. The standard InChI is InChI=1S/C18H19FN4O3/c1-4-16-22-17-14(10-21-23(17)3)18(24)20-7-8-25-15-6-5-12(19)9-13(15)11(2)26-16/h4-6,9-11H,1,7-8H2,2-3H3,(H,20,24)/t11-/m1/s1. The molecular formula is C18H19FN4O3. The van der Waals surface area contributed by atoms with E-state index in [9.17, 15) is 9.18 Å². The van der Waals surface area contributed by atoms with Gasteiger partial charge in [-0.15, -0.1) is 0 Å². The van der Waals surface area contributed by atoms with Crippen molar-refractivity contribution in [3.63, 3.8) is 0 Å². The molecule has 0 radical (unpaired) electrons. The Labute approximate surface area is 150 Å². The number of rotatable bonds is 1. The number of nitrogens with zero attached hydrogens (tertiary/aromatic N) is 3. The van der Waals surface area contributed by atoms with Crippen LogP contribution in [0.25, 0.3) is 0 Å². The first-order chi connectivity index (χ1) is 12.5. The number of nitrogens with one attached hydrogen (secondary N) is 1. The predicted octanol–water partition coefficient (Wildman–Crippen LogP) is 2.68. The molecule has 7 nitrogen and oxygen atoms in total. The van der Waals surface area contributed by atoms with Crippen LogP contribution in [-0.2, 0) is 11.8 Å². The molecule has 26 heavy (non-hydrogen) atoms. The van der Waals surface area contributed by atoms with Gasteiger partial charge in [0.25, 0.3) is 5.91 Å². The van der Waals surface area contributed by atoms with Crippen molar-refractivity contribution in [1.29, 1.82) is 0 Å². The van der Waals surface area contributed by atoms with Gasteiger partial charge in [0, 0.05) is 12.6 Å². The minimum absolute atomic E-state index is 0.185. The number of ether oxygens (including phenoxy) is 2. The van der Waals surface area contributed by atoms with Crippen LogP contribution >= 0.6 is 0 Å². The Morgan fingerprint density at radius 3 is 3.04 bits per heavy atom. The molecule has 1 aromatic heterocycles. The molecule has 3 rings (SSSR count). The van der Waals surface area contributed by atoms with E-state index < -0.39 is 11.9 Å². The van der Waals surface area contributed by atoms with E-state index in [-0.39, 0.29) is 25.0 Å². The van der Waals surface area contributed by atoms with Crippen molar-refractivity contribution >= 4 is 17.6 Å². The van der Waals surface area contributed by atoms with E-state index in [1.54, 1.807) is 14.0 Å². The molecule has 1 atom stereocenters. The molecule has 0 aliphatic carbocycles. The molecule has 2 heterocycles. The average Bonchev–Trinajstić information content (AvgIpc) is 2.98. The number of amides is 1. The van der Waals surface area contributed by atoms with Crippen LogP contribution in [0, 0.1) is 5.82 Å². The van der Waals surface area contributed by atoms with E-state index in [1.807, 2.05) is 0 Å². The van der Waals surface area contributed by atoms with E-state index in [0.717, 1.165) is 0 Å². The van der Waals surface area contributed by atoms with Crippen LogP contribution in [0.1, 0.15) is 28.9 Å². The normalized spacial score (nSPS) is 17.7. The Hall–Kier alpha value is -3.16. The lowest BCUT2D eigenvalue weighted by Crippen LogP contribution is -2.28. The van der Waals surface area contributed by atoms with Gasteiger partial charge >= 0.3 is 0 Å². The van der Waals surface area contributed by atoms with Crippen molar-refractivity contribution in [2.45, 2.75) is 13.0 Å². The summed E-state index contributed by atoms with van der Waals surface area (Å²) >= 11 is 0. The van der Waals surface area contributed by atoms with Gasteiger partial charge in [0.2, 0.25) is 5.90 Å². The molecule has 8 heteroatoms. The molecule has 0 bridgehead atoms. The van der Waals surface area contributed by atoms with Gasteiger partial charge in [-0.1, -0.05) is 6.58 Å². The van der Waals surface area contributed by atoms with Gasteiger partial charge in [0.1, 0.15) is 29.8 Å². The Morgan fingerprint density at radius 1 is 1.46 bits per heavy atom. The lowest BCUT2D eigenvalue weighted by molar-refractivity contribution is 0.0947. The first-order valence-electron chi connectivity index (χ1n) is 8.10. The van der Waals surface area contributed by atoms with E-state index in [2.05, 4.69) is 22.0 Å². The third kappa shape index (κ3) is 3.58. The average molecular weight is 358 g/mol. The number of halogens is 1. The second kappa shape index (κ2) is 7.38. The second-order valence-electron chi connectivity index (χ2n) is 5.71. The largest absolute Gasteiger partial charge is 0.491 e. The van der Waals surface area contributed by atoms with Gasteiger partial charge in [-0.3, -0.25) is 9.48 Å². The van der Waals surface area contributed by atoms with Crippen LogP contribution in [0.5, 0.6) is 5.75 Å². The molecule has 1 N–H and O–H groups in total. The van der Waals surface area contributed by atoms with Crippen LogP contribution in [-0.4, -0.2) is 34.7 Å². The van der Waals surface area contributed by atoms with Gasteiger partial charge in [-0.2, -0.15) is 10.1 Å². The van der Waals surface area contributed by atoms with E-state index in [4.69, 9.17) is 9.47 Å². The maximum absolute atomic E-state index is 13.7. The molecule has 0 saturated carbocycles. The van der Waals surface area contributed by atoms with E-state index in [1.165, 1.54) is 35.2 Å². The van der Waals surface area contributed by atoms with Crippen LogP contribution in [0.4, 0.5) is 10.2 Å². The van der Waals surface area contributed by atoms with Crippen LogP contribution in [0.15, 0.2) is 42.0 Å². The van der Waals surface area contributed by atoms with Crippen molar-refractivity contribution in [2.75, 3.05) is 13.2 Å². The third-order valence-electron chi connectivity index (χ3n) is 3.90. The molecular weight excluding hydrogens is 339 g/mol. The first-order valence-corrected chi connectivity index (χ1v) is 8.10. The summed E-state index contributed by atoms with van der Waals surface area (Å²) in [6, 6.07) is 4.20. The highest BCUT2D eigenvalue weighted by atomic mass is 19.1. The van der Waals surface area contributed by atoms with Gasteiger partial charge in [0.15, 0.2) is 5.82 Å². The summed E-state index contributed by atoms with van der Waals surface area (Å²) < 4.78 is 26.7. The number of carbonyl (C=O) groups is 1. The molecule has 1 aliphatic rings. The summed E-state index contributed by atoms with van der Waals surface area (Å²) in [5.74, 6) is 0.283. The minimum atomic E-state index is -0.543. The number of aromatic nitrogens is 2. The summed E-state index contributed by atoms with van der Waals surface area (Å²) in [5.41, 5.74) is 0.848. The molecule has 0 unspecified atom stereocenters. The van der Waals surface area contributed by atoms with Gasteiger partial charge in [0.05, 0.1) is 12.7 Å². The van der Waals surface area contributed by atoms with E-state index >= 15 is 0 Å². The monoisotopic (exact) mass is 358 g/mol. The predicted molar refractivity (Wildman–Crippen MR) is 94.2 cm³/mol. The smallest absolute Gasteiger partial charge is 0.256 e. The number of aryl methyl sites for hydroxylation is 1. The maximum atomic E-state index is 13.7. The molecule has 0 spiro atoms. The van der Waals surface area contributed by atoms with Gasteiger partial charge < -0.3 is 14.8 Å². The molecule has 1 aliphatic heterocycles. The second-order valence-corrected chi connectivity index (χ2v) is 5.71. The number of benzene rings is 1. The molecule has 0 saturated heterocycles. The SMILES string of the molecule is C=CC1=Nc2c(cnn2C)C(=O)NCCOc2ccc(F)cc2[C@@H](C)O1. The fourth-order valence-corrected chi connectivity index (χ4v) is 2.58. The van der Waals surface area contributed by atoms with Crippen molar-refractivity contribution in [2.24, 2.45) is 12.0 Å². The van der Waals surface area contributed by atoms with E-state index in [0.29, 0.717) is 22.7 Å². The number of hydrogen-bond acceptors (Lipinski definition) is 5. The summed E-state index contributed by atoms with van der Waals surface area (Å²) in [4.78, 5) is 16.7. The van der Waals surface area contributed by atoms with Crippen molar-refractivity contribution in [1.82, 2.24) is 15.1 Å². The van der Waals surface area contributed by atoms with Gasteiger partial charge in [-0.25, -0.2) is 4.39 Å². The Bertz CT molecular complexity index is 875. The minimum Gasteiger partial charge on any atom is -0.491 e. The van der Waals surface area contributed by atoms with Crippen LogP contribution in [0.2, 0.25) is 0 Å². The molecule has 2 aromatic rings. The summed E-state index contributed by atoms with van der Waals surface area (Å²) in [7, 11) is 1.67. The van der Waals surface area contributed by atoms with Gasteiger partial charge in [-0.05, 0) is 31.2 Å². The Kier molecular flexibility index (Phi) is 5.01. The number of aliphatic imine (C=N–C) groups is 1. The lowest BCUT2D eigenvalue weighted by Gasteiger charge is -2.18. The van der Waals surface area contributed by atoms with Crippen molar-refractivity contribution in [3.05, 3.63) is 54.0 Å². The summed E-state index contributed by atoms with van der Waals surface area (Å²) in [6.45, 7) is 5.95. The summed E-state index contributed by atoms with van der Waals surface area (Å²) in [5, 5.41) is 6.82. The Morgan fingerprint density at radius 2 is 2.27 bits per heavy atom. The summed E-state index contributed by atoms with van der Waals surface area (Å²) in [6.07, 6.45) is 2.31. The zero-order valence-corrected chi connectivity index (χ0v) is 14.5. The quantitative estimate of drug-likeness (QED) is 0.850. The lowest BCUT2D eigenvalue weighted by atomic mass is 10.1. The highest BCUT2D eigenvalue weighted by Crippen LogP contribution is 2.29. The fraction of sp³-hybridized carbons (Fsp3) is 0.278. The fourth-order valence-electron chi connectivity index (χ4n) is 2.58. The molecule has 0 fully saturated rings. The topological polar surface area (TPSA) is 77.7 Å². The molecule has 1 amide bonds.